The molecule has 0 aliphatic carbocycles. The van der Waals surface area contributed by atoms with Gasteiger partial charge in [-0.3, -0.25) is 4.90 Å². The SMILES string of the molecule is C=CCCCCCCCCC1(O)CC2CCC(C1)N2Cc1ccccc1. The Balaban J connectivity index is 1.39. The fourth-order valence-corrected chi connectivity index (χ4v) is 5.12. The zero-order valence-corrected chi connectivity index (χ0v) is 16.4. The molecule has 2 heteroatoms. The van der Waals surface area contributed by atoms with Crippen molar-refractivity contribution < 1.29 is 5.11 Å². The number of allylic oxidation sites excluding steroid dienone is 1. The highest BCUT2D eigenvalue weighted by atomic mass is 16.3. The van der Waals surface area contributed by atoms with E-state index < -0.39 is 5.60 Å². The van der Waals surface area contributed by atoms with Crippen LogP contribution in [0.1, 0.15) is 82.6 Å². The van der Waals surface area contributed by atoms with Gasteiger partial charge in [-0.25, -0.2) is 0 Å². The molecule has 2 nitrogen and oxygen atoms in total. The Morgan fingerprint density at radius 3 is 2.23 bits per heavy atom. The van der Waals surface area contributed by atoms with Gasteiger partial charge in [0.15, 0.2) is 0 Å². The van der Waals surface area contributed by atoms with Crippen molar-refractivity contribution in [3.63, 3.8) is 0 Å². The van der Waals surface area contributed by atoms with E-state index in [-0.39, 0.29) is 0 Å². The maximum Gasteiger partial charge on any atom is 0.0677 e. The second-order valence-electron chi connectivity index (χ2n) is 8.62. The normalized spacial score (nSPS) is 28.3. The monoisotopic (exact) mass is 355 g/mol. The summed E-state index contributed by atoms with van der Waals surface area (Å²) in [5.74, 6) is 0. The van der Waals surface area contributed by atoms with Crippen LogP contribution in [0.3, 0.4) is 0 Å². The second kappa shape index (κ2) is 9.71. The maximum atomic E-state index is 11.2. The molecule has 2 aliphatic heterocycles. The molecule has 2 aliphatic rings. The number of benzene rings is 1. The molecule has 2 fully saturated rings. The quantitative estimate of drug-likeness (QED) is 0.397. The van der Waals surface area contributed by atoms with Crippen molar-refractivity contribution in [3.8, 4) is 0 Å². The Bertz CT molecular complexity index is 526. The van der Waals surface area contributed by atoms with Crippen molar-refractivity contribution in [2.24, 2.45) is 0 Å². The molecule has 2 heterocycles. The van der Waals surface area contributed by atoms with Crippen molar-refractivity contribution >= 4 is 0 Å². The lowest BCUT2D eigenvalue weighted by Crippen LogP contribution is -2.50. The first-order valence-electron chi connectivity index (χ1n) is 10.8. The summed E-state index contributed by atoms with van der Waals surface area (Å²) in [6.07, 6.45) is 16.4. The molecule has 2 bridgehead atoms. The summed E-state index contributed by atoms with van der Waals surface area (Å²) in [5, 5.41) is 11.2. The molecule has 3 rings (SSSR count). The summed E-state index contributed by atoms with van der Waals surface area (Å²) in [7, 11) is 0. The van der Waals surface area contributed by atoms with Crippen molar-refractivity contribution in [2.45, 2.75) is 101 Å². The summed E-state index contributed by atoms with van der Waals surface area (Å²) in [5.41, 5.74) is 1.01. The van der Waals surface area contributed by atoms with E-state index in [0.29, 0.717) is 12.1 Å². The lowest BCUT2D eigenvalue weighted by atomic mass is 9.82. The van der Waals surface area contributed by atoms with Gasteiger partial charge in [0.2, 0.25) is 0 Å². The Kier molecular flexibility index (Phi) is 7.33. The molecule has 0 saturated carbocycles. The van der Waals surface area contributed by atoms with E-state index in [9.17, 15) is 5.11 Å². The molecule has 0 radical (unpaired) electrons. The van der Waals surface area contributed by atoms with Gasteiger partial charge < -0.3 is 5.11 Å². The largest absolute Gasteiger partial charge is 0.390 e. The number of aliphatic hydroxyl groups is 1. The van der Waals surface area contributed by atoms with Crippen LogP contribution in [0.15, 0.2) is 43.0 Å². The summed E-state index contributed by atoms with van der Waals surface area (Å²) in [6.45, 7) is 4.83. The number of hydrogen-bond donors (Lipinski definition) is 1. The van der Waals surface area contributed by atoms with Crippen LogP contribution in [0.2, 0.25) is 0 Å². The Morgan fingerprint density at radius 2 is 1.58 bits per heavy atom. The van der Waals surface area contributed by atoms with Crippen LogP contribution in [-0.2, 0) is 6.54 Å². The van der Waals surface area contributed by atoms with Crippen LogP contribution in [-0.4, -0.2) is 27.7 Å². The van der Waals surface area contributed by atoms with E-state index in [0.717, 1.165) is 32.2 Å². The predicted octanol–water partition coefficient (Wildman–Crippen LogP) is 5.85. The van der Waals surface area contributed by atoms with Gasteiger partial charge in [-0.1, -0.05) is 68.5 Å². The van der Waals surface area contributed by atoms with Gasteiger partial charge in [0.25, 0.3) is 0 Å². The van der Waals surface area contributed by atoms with Gasteiger partial charge in [0.05, 0.1) is 5.60 Å². The Hall–Kier alpha value is -1.12. The summed E-state index contributed by atoms with van der Waals surface area (Å²) < 4.78 is 0. The molecular formula is C24H37NO. The van der Waals surface area contributed by atoms with E-state index in [2.05, 4.69) is 41.8 Å². The molecule has 144 valence electrons. The molecule has 0 spiro atoms. The van der Waals surface area contributed by atoms with E-state index in [1.807, 2.05) is 6.08 Å². The number of rotatable bonds is 11. The van der Waals surface area contributed by atoms with Crippen molar-refractivity contribution in [1.82, 2.24) is 4.90 Å². The van der Waals surface area contributed by atoms with E-state index >= 15 is 0 Å². The first-order valence-corrected chi connectivity index (χ1v) is 10.8. The second-order valence-corrected chi connectivity index (χ2v) is 8.62. The van der Waals surface area contributed by atoms with Crippen LogP contribution in [0.5, 0.6) is 0 Å². The minimum Gasteiger partial charge on any atom is -0.390 e. The lowest BCUT2D eigenvalue weighted by Gasteiger charge is -2.44. The minimum atomic E-state index is -0.401. The Labute approximate surface area is 160 Å². The first-order chi connectivity index (χ1) is 12.7. The van der Waals surface area contributed by atoms with Gasteiger partial charge in [-0.05, 0) is 50.5 Å². The maximum absolute atomic E-state index is 11.2. The first kappa shape index (κ1) is 19.6. The number of piperidine rings is 1. The van der Waals surface area contributed by atoms with Gasteiger partial charge in [0.1, 0.15) is 0 Å². The zero-order chi connectivity index (χ0) is 18.2. The minimum absolute atomic E-state index is 0.401. The standard InChI is InChI=1S/C24H37NO/c1-2-3-4-5-6-7-8-12-17-24(26)18-22-15-16-23(19-24)25(22)20-21-13-10-9-11-14-21/h2,9-11,13-14,22-23,26H,1,3-8,12,15-20H2. The number of unbranched alkanes of at least 4 members (excludes halogenated alkanes) is 6. The van der Waals surface area contributed by atoms with Gasteiger partial charge >= 0.3 is 0 Å². The third kappa shape index (κ3) is 5.44. The molecule has 1 aromatic carbocycles. The molecule has 0 aromatic heterocycles. The number of hydrogen-bond acceptors (Lipinski definition) is 2. The highest BCUT2D eigenvalue weighted by molar-refractivity contribution is 5.16. The molecule has 0 amide bonds. The van der Waals surface area contributed by atoms with Crippen LogP contribution in [0, 0.1) is 0 Å². The van der Waals surface area contributed by atoms with Crippen LogP contribution < -0.4 is 0 Å². The molecule has 1 N–H and O–H groups in total. The summed E-state index contributed by atoms with van der Waals surface area (Å²) in [6, 6.07) is 12.0. The summed E-state index contributed by atoms with van der Waals surface area (Å²) >= 11 is 0. The van der Waals surface area contributed by atoms with Gasteiger partial charge in [-0.2, -0.15) is 0 Å². The molecule has 2 saturated heterocycles. The van der Waals surface area contributed by atoms with Crippen LogP contribution in [0.25, 0.3) is 0 Å². The third-order valence-electron chi connectivity index (χ3n) is 6.51. The predicted molar refractivity (Wildman–Crippen MR) is 110 cm³/mol. The zero-order valence-electron chi connectivity index (χ0n) is 16.4. The fraction of sp³-hybridized carbons (Fsp3) is 0.667. The average molecular weight is 356 g/mol. The van der Waals surface area contributed by atoms with Gasteiger partial charge in [0, 0.05) is 18.6 Å². The molecule has 2 unspecified atom stereocenters. The molecule has 1 aromatic rings. The Morgan fingerprint density at radius 1 is 0.962 bits per heavy atom. The smallest absolute Gasteiger partial charge is 0.0677 e. The van der Waals surface area contributed by atoms with Crippen LogP contribution in [0.4, 0.5) is 0 Å². The average Bonchev–Trinajstić information content (AvgIpc) is 2.89. The fourth-order valence-electron chi connectivity index (χ4n) is 5.12. The van der Waals surface area contributed by atoms with Crippen molar-refractivity contribution in [1.29, 1.82) is 0 Å². The summed E-state index contributed by atoms with van der Waals surface area (Å²) in [4.78, 5) is 2.67. The van der Waals surface area contributed by atoms with E-state index in [1.165, 1.54) is 56.9 Å². The topological polar surface area (TPSA) is 23.5 Å². The molecule has 2 atom stereocenters. The lowest BCUT2D eigenvalue weighted by molar-refractivity contribution is -0.0611. The van der Waals surface area contributed by atoms with E-state index in [1.54, 1.807) is 0 Å². The molecular weight excluding hydrogens is 318 g/mol. The highest BCUT2D eigenvalue weighted by Crippen LogP contribution is 2.43. The van der Waals surface area contributed by atoms with Crippen molar-refractivity contribution in [3.05, 3.63) is 48.6 Å². The van der Waals surface area contributed by atoms with Gasteiger partial charge in [-0.15, -0.1) is 6.58 Å². The van der Waals surface area contributed by atoms with Crippen molar-refractivity contribution in [2.75, 3.05) is 0 Å². The molecule has 26 heavy (non-hydrogen) atoms. The third-order valence-corrected chi connectivity index (χ3v) is 6.51. The number of fused-ring (bicyclic) bond motifs is 2. The number of nitrogens with zero attached hydrogens (tertiary/aromatic N) is 1. The van der Waals surface area contributed by atoms with E-state index in [4.69, 9.17) is 0 Å². The highest BCUT2D eigenvalue weighted by Gasteiger charge is 2.46. The van der Waals surface area contributed by atoms with Crippen LogP contribution >= 0.6 is 0 Å².